The van der Waals surface area contributed by atoms with Gasteiger partial charge in [-0.15, -0.1) is 0 Å². The molecule has 3 N–H and O–H groups in total. The SMILES string of the molecule is COc1c(C)cnc(Cn2cc(CCCOc3ccc(CN[C@@H](CC(C)C)C(=O)OC4CCCC4)cc3)c3c(Cl)nc(N)nc32)c1C. The Labute approximate surface area is 282 Å². The molecule has 0 spiro atoms. The number of carbonyl (C=O) groups excluding carboxylic acids is 1. The van der Waals surface area contributed by atoms with Crippen molar-refractivity contribution in [2.45, 2.75) is 97.9 Å². The average molecular weight is 663 g/mol. The van der Waals surface area contributed by atoms with E-state index in [9.17, 15) is 4.79 Å². The van der Waals surface area contributed by atoms with Gasteiger partial charge >= 0.3 is 5.97 Å². The largest absolute Gasteiger partial charge is 0.496 e. The van der Waals surface area contributed by atoms with Gasteiger partial charge in [-0.05, 0) is 88.0 Å². The number of carbonyl (C=O) groups is 1. The summed E-state index contributed by atoms with van der Waals surface area (Å²) in [7, 11) is 1.67. The molecule has 3 heterocycles. The lowest BCUT2D eigenvalue weighted by Gasteiger charge is -2.22. The second-order valence-corrected chi connectivity index (χ2v) is 13.3. The maximum atomic E-state index is 12.9. The van der Waals surface area contributed by atoms with Crippen LogP contribution in [-0.2, 0) is 29.0 Å². The molecule has 1 aliphatic carbocycles. The Morgan fingerprint density at radius 2 is 1.89 bits per heavy atom. The van der Waals surface area contributed by atoms with Crippen LogP contribution in [0.25, 0.3) is 11.0 Å². The van der Waals surface area contributed by atoms with Crippen LogP contribution >= 0.6 is 11.6 Å². The fourth-order valence-electron chi connectivity index (χ4n) is 6.32. The van der Waals surface area contributed by atoms with Crippen LogP contribution in [0.4, 0.5) is 5.95 Å². The highest BCUT2D eigenvalue weighted by atomic mass is 35.5. The minimum absolute atomic E-state index is 0.0722. The molecule has 1 saturated carbocycles. The number of nitrogens with one attached hydrogen (secondary N) is 1. The number of nitrogens with two attached hydrogens (primary N) is 1. The predicted octanol–water partition coefficient (Wildman–Crippen LogP) is 6.74. The van der Waals surface area contributed by atoms with Crippen LogP contribution in [-0.4, -0.2) is 51.4 Å². The van der Waals surface area contributed by atoms with Gasteiger partial charge in [0.15, 0.2) is 0 Å². The lowest BCUT2D eigenvalue weighted by atomic mass is 10.0. The van der Waals surface area contributed by atoms with Crippen molar-refractivity contribution in [2.24, 2.45) is 5.92 Å². The number of halogens is 1. The standard InChI is InChI=1S/C36H47ClN6O4/c1-22(2)17-29(35(44)47-28-10-6-7-11-28)40-19-25-12-14-27(15-13-25)46-16-8-9-26-20-43(34-31(26)33(37)41-36(38)42-34)21-30-24(4)32(45-5)23(3)18-39-30/h12-15,18,20,22,28-29,40H,6-11,16-17,19,21H2,1-5H3,(H2,38,41,42)/t29-/m0/s1. The highest BCUT2D eigenvalue weighted by molar-refractivity contribution is 6.34. The van der Waals surface area contributed by atoms with Crippen molar-refractivity contribution in [1.29, 1.82) is 0 Å². The Kier molecular flexibility index (Phi) is 11.6. The van der Waals surface area contributed by atoms with Gasteiger partial charge in [-0.1, -0.05) is 37.6 Å². The molecule has 0 saturated heterocycles. The molecule has 1 atom stereocenters. The minimum atomic E-state index is -0.312. The summed E-state index contributed by atoms with van der Waals surface area (Å²) in [6.07, 6.45) is 10.4. The number of aromatic nitrogens is 4. The number of benzene rings is 1. The summed E-state index contributed by atoms with van der Waals surface area (Å²) in [6, 6.07) is 7.68. The second-order valence-electron chi connectivity index (χ2n) is 12.9. The zero-order valence-corrected chi connectivity index (χ0v) is 28.9. The second kappa shape index (κ2) is 15.8. The minimum Gasteiger partial charge on any atom is -0.496 e. The molecule has 252 valence electrons. The Bertz CT molecular complexity index is 1670. The zero-order chi connectivity index (χ0) is 33.5. The molecule has 3 aromatic heterocycles. The number of nitrogen functional groups attached to an aromatic ring is 1. The van der Waals surface area contributed by atoms with Gasteiger partial charge in [0.1, 0.15) is 34.4 Å². The molecule has 4 aromatic rings. The first-order valence-corrected chi connectivity index (χ1v) is 17.0. The van der Waals surface area contributed by atoms with Crippen LogP contribution in [0.5, 0.6) is 11.5 Å². The third-order valence-electron chi connectivity index (χ3n) is 8.75. The lowest BCUT2D eigenvalue weighted by molar-refractivity contribution is -0.151. The molecule has 47 heavy (non-hydrogen) atoms. The van der Waals surface area contributed by atoms with E-state index in [0.717, 1.165) is 89.8 Å². The van der Waals surface area contributed by atoms with Crippen molar-refractivity contribution in [1.82, 2.24) is 24.8 Å². The number of fused-ring (bicyclic) bond motifs is 1. The van der Waals surface area contributed by atoms with Gasteiger partial charge in [-0.25, -0.2) is 4.98 Å². The van der Waals surface area contributed by atoms with E-state index in [0.29, 0.717) is 36.4 Å². The summed E-state index contributed by atoms with van der Waals surface area (Å²) in [5.74, 6) is 2.00. The number of rotatable bonds is 15. The molecule has 11 heteroatoms. The number of esters is 1. The summed E-state index contributed by atoms with van der Waals surface area (Å²) in [5, 5.41) is 4.55. The molecule has 1 aliphatic rings. The van der Waals surface area contributed by atoms with E-state index in [4.69, 9.17) is 31.5 Å². The fourth-order valence-corrected chi connectivity index (χ4v) is 6.61. The Balaban J connectivity index is 1.17. The first kappa shape index (κ1) is 34.4. The number of ether oxygens (including phenoxy) is 3. The van der Waals surface area contributed by atoms with Gasteiger partial charge in [-0.2, -0.15) is 4.98 Å². The lowest BCUT2D eigenvalue weighted by Crippen LogP contribution is -2.40. The monoisotopic (exact) mass is 662 g/mol. The van der Waals surface area contributed by atoms with Crippen LogP contribution in [0.3, 0.4) is 0 Å². The molecule has 5 rings (SSSR count). The highest BCUT2D eigenvalue weighted by Crippen LogP contribution is 2.30. The van der Waals surface area contributed by atoms with Crippen molar-refractivity contribution < 1.29 is 19.0 Å². The van der Waals surface area contributed by atoms with E-state index in [1.54, 1.807) is 7.11 Å². The first-order valence-electron chi connectivity index (χ1n) is 16.6. The van der Waals surface area contributed by atoms with Crippen molar-refractivity contribution in [3.8, 4) is 11.5 Å². The molecule has 0 radical (unpaired) electrons. The van der Waals surface area contributed by atoms with Crippen LogP contribution in [0, 0.1) is 19.8 Å². The Hall–Kier alpha value is -3.89. The number of nitrogens with zero attached hydrogens (tertiary/aromatic N) is 4. The normalized spacial score (nSPS) is 14.2. The molecule has 10 nitrogen and oxygen atoms in total. The third kappa shape index (κ3) is 8.73. The molecule has 1 fully saturated rings. The number of hydrogen-bond acceptors (Lipinski definition) is 9. The molecular formula is C36H47ClN6O4. The van der Waals surface area contributed by atoms with Crippen molar-refractivity contribution >= 4 is 34.6 Å². The number of anilines is 1. The van der Waals surface area contributed by atoms with E-state index in [1.165, 1.54) is 0 Å². The predicted molar refractivity (Wildman–Crippen MR) is 185 cm³/mol. The van der Waals surface area contributed by atoms with Crippen LogP contribution in [0.2, 0.25) is 5.15 Å². The molecular weight excluding hydrogens is 616 g/mol. The van der Waals surface area contributed by atoms with E-state index < -0.39 is 0 Å². The number of pyridine rings is 1. The van der Waals surface area contributed by atoms with Gasteiger partial charge in [0.2, 0.25) is 5.95 Å². The van der Waals surface area contributed by atoms with Crippen molar-refractivity contribution in [3.05, 3.63) is 69.8 Å². The molecule has 0 amide bonds. The van der Waals surface area contributed by atoms with Crippen LogP contribution < -0.4 is 20.5 Å². The smallest absolute Gasteiger partial charge is 0.323 e. The maximum absolute atomic E-state index is 12.9. The topological polar surface area (TPSA) is 126 Å². The number of aryl methyl sites for hydroxylation is 2. The van der Waals surface area contributed by atoms with E-state index in [-0.39, 0.29) is 24.1 Å². The van der Waals surface area contributed by atoms with Crippen molar-refractivity contribution in [3.63, 3.8) is 0 Å². The average Bonchev–Trinajstić information content (AvgIpc) is 3.67. The number of methoxy groups -OCH3 is 1. The van der Waals surface area contributed by atoms with Gasteiger partial charge in [0.25, 0.3) is 0 Å². The van der Waals surface area contributed by atoms with E-state index in [2.05, 4.69) is 40.3 Å². The van der Waals surface area contributed by atoms with E-state index >= 15 is 0 Å². The van der Waals surface area contributed by atoms with Gasteiger partial charge in [-0.3, -0.25) is 9.78 Å². The Morgan fingerprint density at radius 3 is 2.60 bits per heavy atom. The van der Waals surface area contributed by atoms with Gasteiger partial charge in [0.05, 0.1) is 31.3 Å². The van der Waals surface area contributed by atoms with Gasteiger partial charge < -0.3 is 29.8 Å². The third-order valence-corrected chi connectivity index (χ3v) is 9.02. The number of hydrogen-bond donors (Lipinski definition) is 2. The zero-order valence-electron chi connectivity index (χ0n) is 28.1. The van der Waals surface area contributed by atoms with Gasteiger partial charge in [0, 0.05) is 30.1 Å². The first-order chi connectivity index (χ1) is 22.6. The summed E-state index contributed by atoms with van der Waals surface area (Å²) < 4.78 is 19.5. The summed E-state index contributed by atoms with van der Waals surface area (Å²) in [4.78, 5) is 26.3. The van der Waals surface area contributed by atoms with E-state index in [1.807, 2.05) is 48.9 Å². The summed E-state index contributed by atoms with van der Waals surface area (Å²) >= 11 is 6.59. The molecule has 0 unspecified atom stereocenters. The molecule has 0 bridgehead atoms. The fraction of sp³-hybridized carbons (Fsp3) is 0.500. The Morgan fingerprint density at radius 1 is 1.15 bits per heavy atom. The summed E-state index contributed by atoms with van der Waals surface area (Å²) in [5.41, 5.74) is 11.6. The quantitative estimate of drug-likeness (QED) is 0.0809. The molecule has 1 aromatic carbocycles. The maximum Gasteiger partial charge on any atom is 0.323 e. The summed E-state index contributed by atoms with van der Waals surface area (Å²) in [6.45, 7) is 9.84. The molecule has 0 aliphatic heterocycles. The van der Waals surface area contributed by atoms with Crippen LogP contribution in [0.1, 0.15) is 80.3 Å². The van der Waals surface area contributed by atoms with Crippen LogP contribution in [0.15, 0.2) is 36.7 Å². The highest BCUT2D eigenvalue weighted by Gasteiger charge is 2.26. The van der Waals surface area contributed by atoms with Crippen molar-refractivity contribution in [2.75, 3.05) is 19.5 Å².